The van der Waals surface area contributed by atoms with Crippen LogP contribution in [0, 0.1) is 6.92 Å². The van der Waals surface area contributed by atoms with Crippen molar-refractivity contribution in [1.82, 2.24) is 15.0 Å². The molecule has 0 saturated carbocycles. The van der Waals surface area contributed by atoms with Crippen molar-refractivity contribution in [2.45, 2.75) is 33.6 Å². The Morgan fingerprint density at radius 1 is 1.35 bits per heavy atom. The molecule has 2 heterocycles. The molecule has 7 nitrogen and oxygen atoms in total. The highest BCUT2D eigenvalue weighted by atomic mass is 19.3. The molecule has 26 heavy (non-hydrogen) atoms. The van der Waals surface area contributed by atoms with Gasteiger partial charge in [0.15, 0.2) is 5.75 Å². The fourth-order valence-electron chi connectivity index (χ4n) is 2.25. The number of nitrogens with zero attached hydrogens (tertiary/aromatic N) is 4. The predicted octanol–water partition coefficient (Wildman–Crippen LogP) is 3.42. The van der Waals surface area contributed by atoms with Crippen LogP contribution in [-0.4, -0.2) is 34.5 Å². The molecular weight excluding hydrogens is 344 g/mol. The van der Waals surface area contributed by atoms with Crippen molar-refractivity contribution in [2.24, 2.45) is 0 Å². The molecule has 0 atom stereocenters. The number of anilines is 3. The van der Waals surface area contributed by atoms with Gasteiger partial charge in [0, 0.05) is 38.7 Å². The van der Waals surface area contributed by atoms with Crippen LogP contribution in [0.2, 0.25) is 0 Å². The zero-order valence-electron chi connectivity index (χ0n) is 15.3. The Morgan fingerprint density at radius 2 is 2.04 bits per heavy atom. The SMILES string of the molecule is CCOc1cnc(NC(C)=O)cc1N(C)c1cc(C)nc(C(C)(F)F)n1. The number of ether oxygens (including phenoxy) is 1. The summed E-state index contributed by atoms with van der Waals surface area (Å²) < 4.78 is 32.9. The second kappa shape index (κ2) is 7.59. The lowest BCUT2D eigenvalue weighted by molar-refractivity contribution is -0.114. The van der Waals surface area contributed by atoms with E-state index < -0.39 is 11.7 Å². The maximum Gasteiger partial charge on any atom is 0.303 e. The number of aromatic nitrogens is 3. The van der Waals surface area contributed by atoms with Gasteiger partial charge in [0.2, 0.25) is 11.7 Å². The van der Waals surface area contributed by atoms with E-state index in [1.165, 1.54) is 13.1 Å². The van der Waals surface area contributed by atoms with Crippen molar-refractivity contribution in [3.63, 3.8) is 0 Å². The summed E-state index contributed by atoms with van der Waals surface area (Å²) in [5.41, 5.74) is 0.932. The summed E-state index contributed by atoms with van der Waals surface area (Å²) in [6, 6.07) is 3.18. The Hall–Kier alpha value is -2.84. The fourth-order valence-corrected chi connectivity index (χ4v) is 2.25. The minimum absolute atomic E-state index is 0.273. The van der Waals surface area contributed by atoms with Crippen LogP contribution in [-0.2, 0) is 10.7 Å². The smallest absolute Gasteiger partial charge is 0.303 e. The first-order valence-electron chi connectivity index (χ1n) is 8.00. The molecule has 140 valence electrons. The zero-order chi connectivity index (χ0) is 19.5. The number of carbonyl (C=O) groups is 1. The Balaban J connectivity index is 2.52. The van der Waals surface area contributed by atoms with Crippen molar-refractivity contribution in [3.05, 3.63) is 29.8 Å². The quantitative estimate of drug-likeness (QED) is 0.845. The average molecular weight is 365 g/mol. The van der Waals surface area contributed by atoms with Gasteiger partial charge >= 0.3 is 5.92 Å². The van der Waals surface area contributed by atoms with Gasteiger partial charge < -0.3 is 15.0 Å². The average Bonchev–Trinajstić information content (AvgIpc) is 2.54. The van der Waals surface area contributed by atoms with E-state index in [0.717, 1.165) is 6.92 Å². The lowest BCUT2D eigenvalue weighted by Gasteiger charge is -2.23. The van der Waals surface area contributed by atoms with E-state index in [1.807, 2.05) is 6.92 Å². The number of pyridine rings is 1. The molecule has 9 heteroatoms. The lowest BCUT2D eigenvalue weighted by Crippen LogP contribution is -2.19. The van der Waals surface area contributed by atoms with Gasteiger partial charge in [-0.3, -0.25) is 4.79 Å². The Kier molecular flexibility index (Phi) is 5.69. The number of hydrogen-bond acceptors (Lipinski definition) is 6. The maximum absolute atomic E-state index is 13.7. The Labute approximate surface area is 150 Å². The molecule has 2 rings (SSSR count). The summed E-state index contributed by atoms with van der Waals surface area (Å²) in [5.74, 6) is -2.98. The Morgan fingerprint density at radius 3 is 2.62 bits per heavy atom. The van der Waals surface area contributed by atoms with Gasteiger partial charge in [-0.2, -0.15) is 8.78 Å². The van der Waals surface area contributed by atoms with Crippen molar-refractivity contribution >= 4 is 23.2 Å². The van der Waals surface area contributed by atoms with Crippen molar-refractivity contribution in [3.8, 4) is 5.75 Å². The highest BCUT2D eigenvalue weighted by molar-refractivity contribution is 5.88. The molecule has 1 amide bonds. The third kappa shape index (κ3) is 4.62. The first kappa shape index (κ1) is 19.5. The molecule has 0 bridgehead atoms. The number of amides is 1. The summed E-state index contributed by atoms with van der Waals surface area (Å²) in [7, 11) is 1.66. The lowest BCUT2D eigenvalue weighted by atomic mass is 10.3. The van der Waals surface area contributed by atoms with E-state index in [2.05, 4.69) is 20.3 Å². The van der Waals surface area contributed by atoms with Gasteiger partial charge in [-0.05, 0) is 13.8 Å². The van der Waals surface area contributed by atoms with E-state index in [1.54, 1.807) is 31.0 Å². The largest absolute Gasteiger partial charge is 0.490 e. The van der Waals surface area contributed by atoms with Gasteiger partial charge in [-0.15, -0.1) is 0 Å². The van der Waals surface area contributed by atoms with Gasteiger partial charge in [-0.1, -0.05) is 0 Å². The highest BCUT2D eigenvalue weighted by Crippen LogP contribution is 2.34. The van der Waals surface area contributed by atoms with Crippen LogP contribution in [0.15, 0.2) is 18.3 Å². The summed E-state index contributed by atoms with van der Waals surface area (Å²) in [5, 5.41) is 2.58. The minimum Gasteiger partial charge on any atom is -0.490 e. The van der Waals surface area contributed by atoms with E-state index in [-0.39, 0.29) is 11.7 Å². The van der Waals surface area contributed by atoms with Crippen LogP contribution in [0.5, 0.6) is 5.75 Å². The van der Waals surface area contributed by atoms with E-state index in [4.69, 9.17) is 4.74 Å². The molecule has 0 unspecified atom stereocenters. The molecular formula is C17H21F2N5O2. The molecule has 0 fully saturated rings. The van der Waals surface area contributed by atoms with Crippen LogP contribution >= 0.6 is 0 Å². The van der Waals surface area contributed by atoms with Gasteiger partial charge in [0.05, 0.1) is 18.5 Å². The van der Waals surface area contributed by atoms with Crippen LogP contribution in [0.4, 0.5) is 26.1 Å². The van der Waals surface area contributed by atoms with E-state index in [9.17, 15) is 13.6 Å². The maximum atomic E-state index is 13.7. The molecule has 0 aliphatic carbocycles. The van der Waals surface area contributed by atoms with Gasteiger partial charge in [0.25, 0.3) is 0 Å². The topological polar surface area (TPSA) is 80.2 Å². The second-order valence-electron chi connectivity index (χ2n) is 5.79. The second-order valence-corrected chi connectivity index (χ2v) is 5.79. The number of rotatable bonds is 6. The number of nitrogens with one attached hydrogen (secondary N) is 1. The molecule has 2 aromatic heterocycles. The molecule has 0 aliphatic heterocycles. The van der Waals surface area contributed by atoms with Gasteiger partial charge in [0.1, 0.15) is 11.6 Å². The normalized spacial score (nSPS) is 11.2. The third-order valence-corrected chi connectivity index (χ3v) is 3.39. The first-order chi connectivity index (χ1) is 12.1. The summed E-state index contributed by atoms with van der Waals surface area (Å²) in [6.07, 6.45) is 1.46. The molecule has 0 aliphatic rings. The summed E-state index contributed by atoms with van der Waals surface area (Å²) in [4.78, 5) is 24.8. The molecule has 0 aromatic carbocycles. The molecule has 1 N–H and O–H groups in total. The molecule has 0 saturated heterocycles. The third-order valence-electron chi connectivity index (χ3n) is 3.39. The number of aryl methyl sites for hydroxylation is 1. The molecule has 0 spiro atoms. The number of halogens is 2. The van der Waals surface area contributed by atoms with Gasteiger partial charge in [-0.25, -0.2) is 15.0 Å². The minimum atomic E-state index is -3.16. The van der Waals surface area contributed by atoms with Crippen LogP contribution in [0.3, 0.4) is 0 Å². The number of hydrogen-bond donors (Lipinski definition) is 1. The Bertz CT molecular complexity index is 808. The first-order valence-corrected chi connectivity index (χ1v) is 8.00. The molecule has 2 aromatic rings. The standard InChI is InChI=1S/C17H21F2N5O2/c1-6-26-13-9-20-14(22-11(3)25)8-12(13)24(5)15-7-10(2)21-16(23-15)17(4,18)19/h7-9H,6H2,1-5H3,(H,20,22,25). The summed E-state index contributed by atoms with van der Waals surface area (Å²) >= 11 is 0. The van der Waals surface area contributed by atoms with E-state index in [0.29, 0.717) is 29.6 Å². The fraction of sp³-hybridized carbons (Fsp3) is 0.412. The van der Waals surface area contributed by atoms with Crippen molar-refractivity contribution in [2.75, 3.05) is 23.9 Å². The zero-order valence-corrected chi connectivity index (χ0v) is 15.3. The summed E-state index contributed by atoms with van der Waals surface area (Å²) in [6.45, 7) is 5.94. The van der Waals surface area contributed by atoms with Crippen LogP contribution < -0.4 is 15.0 Å². The van der Waals surface area contributed by atoms with Crippen LogP contribution in [0.25, 0.3) is 0 Å². The monoisotopic (exact) mass is 365 g/mol. The highest BCUT2D eigenvalue weighted by Gasteiger charge is 2.29. The van der Waals surface area contributed by atoms with Crippen molar-refractivity contribution < 1.29 is 18.3 Å². The van der Waals surface area contributed by atoms with E-state index >= 15 is 0 Å². The van der Waals surface area contributed by atoms with Crippen molar-refractivity contribution in [1.29, 1.82) is 0 Å². The molecule has 0 radical (unpaired) electrons. The van der Waals surface area contributed by atoms with Crippen LogP contribution in [0.1, 0.15) is 32.3 Å². The predicted molar refractivity (Wildman–Crippen MR) is 94.1 cm³/mol. The number of alkyl halides is 2. The number of carbonyl (C=O) groups excluding carboxylic acids is 1.